The first-order valence-corrected chi connectivity index (χ1v) is 5.45. The number of rotatable bonds is 5. The molecule has 1 aromatic heterocycles. The van der Waals surface area contributed by atoms with E-state index in [0.29, 0.717) is 11.3 Å². The van der Waals surface area contributed by atoms with Gasteiger partial charge in [0.1, 0.15) is 5.75 Å². The summed E-state index contributed by atoms with van der Waals surface area (Å²) in [5, 5.41) is 0. The van der Waals surface area contributed by atoms with Crippen molar-refractivity contribution in [2.75, 3.05) is 7.11 Å². The highest BCUT2D eigenvalue weighted by Gasteiger charge is 2.18. The lowest BCUT2D eigenvalue weighted by Crippen LogP contribution is -2.09. The molecule has 1 heterocycles. The molecule has 0 unspecified atom stereocenters. The fourth-order valence-electron chi connectivity index (χ4n) is 1.64. The van der Waals surface area contributed by atoms with E-state index in [4.69, 9.17) is 9.15 Å². The Hall–Kier alpha value is -2.36. The molecule has 2 aromatic rings. The van der Waals surface area contributed by atoms with Gasteiger partial charge in [-0.3, -0.25) is 9.59 Å². The van der Waals surface area contributed by atoms with Gasteiger partial charge in [0.05, 0.1) is 25.4 Å². The smallest absolute Gasteiger partial charge is 0.205 e. The van der Waals surface area contributed by atoms with Crippen molar-refractivity contribution in [2.45, 2.75) is 6.42 Å². The minimum Gasteiger partial charge on any atom is -0.496 e. The minimum atomic E-state index is -0.337. The Bertz CT molecular complexity index is 555. The van der Waals surface area contributed by atoms with Gasteiger partial charge in [0.2, 0.25) is 5.78 Å². The molecular weight excluding hydrogens is 232 g/mol. The van der Waals surface area contributed by atoms with E-state index >= 15 is 0 Å². The summed E-state index contributed by atoms with van der Waals surface area (Å²) in [5.74, 6) is 0.0396. The maximum absolute atomic E-state index is 12.0. The van der Waals surface area contributed by atoms with Gasteiger partial charge in [-0.2, -0.15) is 0 Å². The summed E-state index contributed by atoms with van der Waals surface area (Å²) in [6.45, 7) is 0. The molecule has 0 saturated heterocycles. The number of carbonyl (C=O) groups excluding carboxylic acids is 2. The summed E-state index contributed by atoms with van der Waals surface area (Å²) >= 11 is 0. The molecule has 0 saturated carbocycles. The molecule has 2 rings (SSSR count). The molecular formula is C14H12O4. The average Bonchev–Trinajstić information content (AvgIpc) is 2.92. The van der Waals surface area contributed by atoms with Gasteiger partial charge in [0.15, 0.2) is 11.5 Å². The second-order valence-corrected chi connectivity index (χ2v) is 3.70. The van der Waals surface area contributed by atoms with Crippen LogP contribution < -0.4 is 4.74 Å². The van der Waals surface area contributed by atoms with Gasteiger partial charge in [0, 0.05) is 0 Å². The molecule has 18 heavy (non-hydrogen) atoms. The Morgan fingerprint density at radius 3 is 2.56 bits per heavy atom. The lowest BCUT2D eigenvalue weighted by molar-refractivity contribution is 0.0877. The number of ketones is 2. The third kappa shape index (κ3) is 2.48. The first-order chi connectivity index (χ1) is 8.72. The van der Waals surface area contributed by atoms with E-state index in [1.54, 1.807) is 30.3 Å². The summed E-state index contributed by atoms with van der Waals surface area (Å²) in [6.07, 6.45) is 1.18. The third-order valence-corrected chi connectivity index (χ3v) is 2.52. The third-order valence-electron chi connectivity index (χ3n) is 2.52. The van der Waals surface area contributed by atoms with E-state index in [0.717, 1.165) is 0 Å². The van der Waals surface area contributed by atoms with Crippen LogP contribution in [0.4, 0.5) is 0 Å². The number of carbonyl (C=O) groups is 2. The Morgan fingerprint density at radius 1 is 1.11 bits per heavy atom. The first-order valence-electron chi connectivity index (χ1n) is 5.45. The molecule has 92 valence electrons. The van der Waals surface area contributed by atoms with E-state index in [-0.39, 0.29) is 23.7 Å². The van der Waals surface area contributed by atoms with Gasteiger partial charge < -0.3 is 9.15 Å². The highest BCUT2D eigenvalue weighted by Crippen LogP contribution is 2.19. The Labute approximate surface area is 104 Å². The molecule has 0 aliphatic heterocycles. The van der Waals surface area contributed by atoms with Gasteiger partial charge in [-0.1, -0.05) is 12.1 Å². The second kappa shape index (κ2) is 5.31. The van der Waals surface area contributed by atoms with Crippen LogP contribution in [-0.2, 0) is 0 Å². The number of methoxy groups -OCH3 is 1. The van der Waals surface area contributed by atoms with Gasteiger partial charge in [0.25, 0.3) is 0 Å². The van der Waals surface area contributed by atoms with Crippen molar-refractivity contribution < 1.29 is 18.7 Å². The average molecular weight is 244 g/mol. The summed E-state index contributed by atoms with van der Waals surface area (Å²) in [7, 11) is 1.49. The van der Waals surface area contributed by atoms with Crippen molar-refractivity contribution in [1.29, 1.82) is 0 Å². The lowest BCUT2D eigenvalue weighted by Gasteiger charge is -2.05. The van der Waals surface area contributed by atoms with E-state index in [1.807, 2.05) is 0 Å². The van der Waals surface area contributed by atoms with Crippen LogP contribution >= 0.6 is 0 Å². The molecule has 1 aromatic carbocycles. The number of hydrogen-bond acceptors (Lipinski definition) is 4. The van der Waals surface area contributed by atoms with Gasteiger partial charge in [-0.15, -0.1) is 0 Å². The minimum absolute atomic E-state index is 0.193. The number of benzene rings is 1. The highest BCUT2D eigenvalue weighted by atomic mass is 16.5. The summed E-state index contributed by atoms with van der Waals surface area (Å²) < 4.78 is 10.0. The summed E-state index contributed by atoms with van der Waals surface area (Å²) in [5.41, 5.74) is 0.403. The summed E-state index contributed by atoms with van der Waals surface area (Å²) in [6, 6.07) is 9.97. The zero-order chi connectivity index (χ0) is 13.0. The second-order valence-electron chi connectivity index (χ2n) is 3.70. The zero-order valence-electron chi connectivity index (χ0n) is 9.88. The van der Waals surface area contributed by atoms with Gasteiger partial charge in [-0.25, -0.2) is 0 Å². The molecule has 4 nitrogen and oxygen atoms in total. The van der Waals surface area contributed by atoms with Crippen molar-refractivity contribution in [2.24, 2.45) is 0 Å². The number of Topliss-reactive ketones (excluding diaryl/α,β-unsaturated/α-hetero) is 2. The Balaban J connectivity index is 2.15. The topological polar surface area (TPSA) is 56.5 Å². The van der Waals surface area contributed by atoms with E-state index in [9.17, 15) is 9.59 Å². The number of para-hydroxylation sites is 1. The number of ether oxygens (including phenoxy) is 1. The molecule has 0 atom stereocenters. The molecule has 0 aliphatic rings. The van der Waals surface area contributed by atoms with Gasteiger partial charge in [-0.05, 0) is 24.3 Å². The fraction of sp³-hybridized carbons (Fsp3) is 0.143. The number of hydrogen-bond donors (Lipinski definition) is 0. The molecule has 4 heteroatoms. The van der Waals surface area contributed by atoms with E-state index in [2.05, 4.69) is 0 Å². The van der Waals surface area contributed by atoms with Crippen molar-refractivity contribution in [3.8, 4) is 5.75 Å². The monoisotopic (exact) mass is 244 g/mol. The van der Waals surface area contributed by atoms with E-state index < -0.39 is 0 Å². The molecule has 0 radical (unpaired) electrons. The van der Waals surface area contributed by atoms with Crippen LogP contribution in [0.2, 0.25) is 0 Å². The quantitative estimate of drug-likeness (QED) is 0.599. The molecule has 0 bridgehead atoms. The Morgan fingerprint density at radius 2 is 1.89 bits per heavy atom. The predicted molar refractivity (Wildman–Crippen MR) is 65.0 cm³/mol. The largest absolute Gasteiger partial charge is 0.496 e. The maximum Gasteiger partial charge on any atom is 0.205 e. The SMILES string of the molecule is COc1ccccc1C(=O)CC(=O)c1ccco1. The van der Waals surface area contributed by atoms with Crippen molar-refractivity contribution in [3.05, 3.63) is 54.0 Å². The van der Waals surface area contributed by atoms with Crippen LogP contribution in [0.3, 0.4) is 0 Å². The van der Waals surface area contributed by atoms with Crippen molar-refractivity contribution in [3.63, 3.8) is 0 Å². The van der Waals surface area contributed by atoms with Crippen LogP contribution in [0.5, 0.6) is 5.75 Å². The lowest BCUT2D eigenvalue weighted by atomic mass is 10.0. The van der Waals surface area contributed by atoms with Crippen LogP contribution in [0.1, 0.15) is 27.3 Å². The van der Waals surface area contributed by atoms with Crippen LogP contribution in [0, 0.1) is 0 Å². The first kappa shape index (κ1) is 12.1. The van der Waals surface area contributed by atoms with Crippen LogP contribution in [0.15, 0.2) is 47.1 Å². The zero-order valence-corrected chi connectivity index (χ0v) is 9.88. The predicted octanol–water partition coefficient (Wildman–Crippen LogP) is 2.74. The maximum atomic E-state index is 12.0. The number of furan rings is 1. The van der Waals surface area contributed by atoms with Crippen molar-refractivity contribution >= 4 is 11.6 Å². The highest BCUT2D eigenvalue weighted by molar-refractivity contribution is 6.13. The van der Waals surface area contributed by atoms with Gasteiger partial charge >= 0.3 is 0 Å². The fourth-order valence-corrected chi connectivity index (χ4v) is 1.64. The van der Waals surface area contributed by atoms with Crippen LogP contribution in [0.25, 0.3) is 0 Å². The van der Waals surface area contributed by atoms with Crippen molar-refractivity contribution in [1.82, 2.24) is 0 Å². The summed E-state index contributed by atoms with van der Waals surface area (Å²) in [4.78, 5) is 23.7. The molecule has 0 N–H and O–H groups in total. The Kier molecular flexibility index (Phi) is 3.57. The van der Waals surface area contributed by atoms with E-state index in [1.165, 1.54) is 19.4 Å². The standard InChI is InChI=1S/C14H12O4/c1-17-13-6-3-2-5-10(13)11(15)9-12(16)14-7-4-8-18-14/h2-8H,9H2,1H3. The molecule has 0 amide bonds. The normalized spacial score (nSPS) is 10.1. The van der Waals surface area contributed by atoms with Crippen LogP contribution in [-0.4, -0.2) is 18.7 Å². The molecule has 0 spiro atoms. The molecule has 0 aliphatic carbocycles. The molecule has 0 fully saturated rings.